The van der Waals surface area contributed by atoms with Gasteiger partial charge in [-0.15, -0.1) is 0 Å². The average molecular weight is 311 g/mol. The molecule has 1 unspecified atom stereocenters. The molecular formula is C14H19BrN2O. The van der Waals surface area contributed by atoms with Gasteiger partial charge in [0.15, 0.2) is 0 Å². The summed E-state index contributed by atoms with van der Waals surface area (Å²) in [5, 5.41) is 3.33. The Morgan fingerprint density at radius 2 is 2.33 bits per heavy atom. The first-order valence-corrected chi connectivity index (χ1v) is 7.09. The van der Waals surface area contributed by atoms with Gasteiger partial charge in [-0.05, 0) is 50.0 Å². The van der Waals surface area contributed by atoms with E-state index in [9.17, 15) is 4.79 Å². The lowest BCUT2D eigenvalue weighted by Gasteiger charge is -2.21. The standard InChI is InChI=1S/C14H19BrN2O/c1-10-3-4-12(15)7-13(10)14(18)17(2)9-11-5-6-16-8-11/h3-4,7,11,16H,5-6,8-9H2,1-2H3. The molecule has 1 amide bonds. The Kier molecular flexibility index (Phi) is 4.40. The van der Waals surface area contributed by atoms with Gasteiger partial charge in [-0.1, -0.05) is 22.0 Å². The third-order valence-electron chi connectivity index (χ3n) is 3.47. The second-order valence-electron chi connectivity index (χ2n) is 5.00. The van der Waals surface area contributed by atoms with Crippen LogP contribution in [0.15, 0.2) is 22.7 Å². The summed E-state index contributed by atoms with van der Waals surface area (Å²) in [7, 11) is 1.89. The van der Waals surface area contributed by atoms with Crippen molar-refractivity contribution in [3.63, 3.8) is 0 Å². The van der Waals surface area contributed by atoms with E-state index in [4.69, 9.17) is 0 Å². The molecule has 0 saturated carbocycles. The second kappa shape index (κ2) is 5.85. The van der Waals surface area contributed by atoms with Crippen molar-refractivity contribution in [3.05, 3.63) is 33.8 Å². The molecule has 18 heavy (non-hydrogen) atoms. The molecule has 1 aliphatic rings. The van der Waals surface area contributed by atoms with Gasteiger partial charge in [-0.25, -0.2) is 0 Å². The monoisotopic (exact) mass is 310 g/mol. The minimum absolute atomic E-state index is 0.112. The maximum atomic E-state index is 12.4. The lowest BCUT2D eigenvalue weighted by molar-refractivity contribution is 0.0775. The average Bonchev–Trinajstić information content (AvgIpc) is 2.84. The molecule has 3 nitrogen and oxygen atoms in total. The van der Waals surface area contributed by atoms with E-state index in [1.807, 2.05) is 37.1 Å². The highest BCUT2D eigenvalue weighted by molar-refractivity contribution is 9.10. The first-order valence-electron chi connectivity index (χ1n) is 6.30. The number of nitrogens with one attached hydrogen (secondary N) is 1. The Bertz CT molecular complexity index is 441. The van der Waals surface area contributed by atoms with Crippen LogP contribution in [0.1, 0.15) is 22.3 Å². The lowest BCUT2D eigenvalue weighted by atomic mass is 10.1. The van der Waals surface area contributed by atoms with E-state index in [0.29, 0.717) is 5.92 Å². The molecule has 1 heterocycles. The molecule has 0 aliphatic carbocycles. The zero-order chi connectivity index (χ0) is 13.1. The van der Waals surface area contributed by atoms with E-state index in [1.165, 1.54) is 0 Å². The molecule has 1 aromatic rings. The Morgan fingerprint density at radius 1 is 1.56 bits per heavy atom. The highest BCUT2D eigenvalue weighted by Crippen LogP contribution is 2.18. The Balaban J connectivity index is 2.07. The van der Waals surface area contributed by atoms with Gasteiger partial charge in [0.05, 0.1) is 0 Å². The fourth-order valence-electron chi connectivity index (χ4n) is 2.37. The lowest BCUT2D eigenvalue weighted by Crippen LogP contribution is -2.33. The largest absolute Gasteiger partial charge is 0.341 e. The van der Waals surface area contributed by atoms with Crippen molar-refractivity contribution in [3.8, 4) is 0 Å². The fraction of sp³-hybridized carbons (Fsp3) is 0.500. The number of benzene rings is 1. The molecule has 0 aromatic heterocycles. The van der Waals surface area contributed by atoms with Crippen LogP contribution < -0.4 is 5.32 Å². The van der Waals surface area contributed by atoms with Crippen LogP contribution in [0.4, 0.5) is 0 Å². The van der Waals surface area contributed by atoms with Crippen molar-refractivity contribution < 1.29 is 4.79 Å². The predicted octanol–water partition coefficient (Wildman–Crippen LogP) is 2.44. The van der Waals surface area contributed by atoms with Crippen LogP contribution in [0, 0.1) is 12.8 Å². The number of aryl methyl sites for hydroxylation is 1. The smallest absolute Gasteiger partial charge is 0.253 e. The quantitative estimate of drug-likeness (QED) is 0.930. The summed E-state index contributed by atoms with van der Waals surface area (Å²) < 4.78 is 0.951. The zero-order valence-electron chi connectivity index (χ0n) is 10.9. The van der Waals surface area contributed by atoms with E-state index >= 15 is 0 Å². The topological polar surface area (TPSA) is 32.3 Å². The number of hydrogen-bond acceptors (Lipinski definition) is 2. The van der Waals surface area contributed by atoms with Gasteiger partial charge in [0, 0.05) is 23.6 Å². The summed E-state index contributed by atoms with van der Waals surface area (Å²) >= 11 is 3.42. The molecule has 1 aromatic carbocycles. The molecule has 1 saturated heterocycles. The summed E-state index contributed by atoms with van der Waals surface area (Å²) in [4.78, 5) is 14.2. The van der Waals surface area contributed by atoms with Gasteiger partial charge < -0.3 is 10.2 Å². The summed E-state index contributed by atoms with van der Waals surface area (Å²) in [6, 6.07) is 5.84. The van der Waals surface area contributed by atoms with Gasteiger partial charge in [-0.2, -0.15) is 0 Å². The van der Waals surface area contributed by atoms with E-state index in [1.54, 1.807) is 0 Å². The molecule has 0 bridgehead atoms. The van der Waals surface area contributed by atoms with E-state index in [2.05, 4.69) is 21.2 Å². The molecule has 1 aliphatic heterocycles. The molecule has 2 rings (SSSR count). The van der Waals surface area contributed by atoms with Gasteiger partial charge in [0.2, 0.25) is 0 Å². The number of rotatable bonds is 3. The predicted molar refractivity (Wildman–Crippen MR) is 76.8 cm³/mol. The van der Waals surface area contributed by atoms with Crippen LogP contribution in [-0.4, -0.2) is 37.5 Å². The Hall–Kier alpha value is -0.870. The van der Waals surface area contributed by atoms with Crippen molar-refractivity contribution in [2.45, 2.75) is 13.3 Å². The fourth-order valence-corrected chi connectivity index (χ4v) is 2.73. The maximum Gasteiger partial charge on any atom is 0.253 e. The maximum absolute atomic E-state index is 12.4. The summed E-state index contributed by atoms with van der Waals surface area (Å²) in [6.07, 6.45) is 1.16. The van der Waals surface area contributed by atoms with Crippen molar-refractivity contribution in [2.24, 2.45) is 5.92 Å². The number of nitrogens with zero attached hydrogens (tertiary/aromatic N) is 1. The number of carbonyl (C=O) groups is 1. The molecule has 1 atom stereocenters. The summed E-state index contributed by atoms with van der Waals surface area (Å²) in [5.41, 5.74) is 1.82. The second-order valence-corrected chi connectivity index (χ2v) is 5.92. The van der Waals surface area contributed by atoms with Crippen LogP contribution in [0.25, 0.3) is 0 Å². The molecule has 1 fully saturated rings. The number of halogens is 1. The highest BCUT2D eigenvalue weighted by Gasteiger charge is 2.20. The summed E-state index contributed by atoms with van der Waals surface area (Å²) in [6.45, 7) is 4.90. The normalized spacial score (nSPS) is 18.9. The first kappa shape index (κ1) is 13.6. The number of amides is 1. The third-order valence-corrected chi connectivity index (χ3v) is 3.96. The van der Waals surface area contributed by atoms with Crippen LogP contribution in [-0.2, 0) is 0 Å². The van der Waals surface area contributed by atoms with Crippen LogP contribution in [0.3, 0.4) is 0 Å². The minimum Gasteiger partial charge on any atom is -0.341 e. The zero-order valence-corrected chi connectivity index (χ0v) is 12.5. The first-order chi connectivity index (χ1) is 8.58. The van der Waals surface area contributed by atoms with Crippen molar-refractivity contribution in [1.82, 2.24) is 10.2 Å². The number of carbonyl (C=O) groups excluding carboxylic acids is 1. The van der Waals surface area contributed by atoms with Crippen molar-refractivity contribution >= 4 is 21.8 Å². The third kappa shape index (κ3) is 3.12. The van der Waals surface area contributed by atoms with Gasteiger partial charge >= 0.3 is 0 Å². The summed E-state index contributed by atoms with van der Waals surface area (Å²) in [5.74, 6) is 0.701. The van der Waals surface area contributed by atoms with Gasteiger partial charge in [0.25, 0.3) is 5.91 Å². The highest BCUT2D eigenvalue weighted by atomic mass is 79.9. The molecule has 0 radical (unpaired) electrons. The SMILES string of the molecule is Cc1ccc(Br)cc1C(=O)N(C)CC1CCNC1. The van der Waals surface area contributed by atoms with Crippen LogP contribution >= 0.6 is 15.9 Å². The number of hydrogen-bond donors (Lipinski definition) is 1. The van der Waals surface area contributed by atoms with Crippen LogP contribution in [0.2, 0.25) is 0 Å². The van der Waals surface area contributed by atoms with Crippen LogP contribution in [0.5, 0.6) is 0 Å². The van der Waals surface area contributed by atoms with Gasteiger partial charge in [0.1, 0.15) is 0 Å². The van der Waals surface area contributed by atoms with E-state index in [0.717, 1.165) is 41.7 Å². The minimum atomic E-state index is 0.112. The molecule has 0 spiro atoms. The van der Waals surface area contributed by atoms with E-state index < -0.39 is 0 Å². The Morgan fingerprint density at radius 3 is 3.00 bits per heavy atom. The van der Waals surface area contributed by atoms with Crippen molar-refractivity contribution in [2.75, 3.05) is 26.7 Å². The molecular weight excluding hydrogens is 292 g/mol. The van der Waals surface area contributed by atoms with Gasteiger partial charge in [-0.3, -0.25) is 4.79 Å². The molecule has 1 N–H and O–H groups in total. The van der Waals surface area contributed by atoms with E-state index in [-0.39, 0.29) is 5.91 Å². The molecule has 4 heteroatoms. The van der Waals surface area contributed by atoms with Crippen molar-refractivity contribution in [1.29, 1.82) is 0 Å². The molecule has 98 valence electrons. The Labute approximate surface area is 117 Å².